The summed E-state index contributed by atoms with van der Waals surface area (Å²) in [7, 11) is 0. The van der Waals surface area contributed by atoms with E-state index in [0.717, 1.165) is 0 Å². The number of aromatic nitrogens is 1. The van der Waals surface area contributed by atoms with Gasteiger partial charge in [-0.1, -0.05) is 0 Å². The van der Waals surface area contributed by atoms with Crippen LogP contribution >= 0.6 is 0 Å². The normalized spacial score (nSPS) is 14.7. The molecule has 1 aliphatic rings. The maximum Gasteiger partial charge on any atom is 0.409 e. The first-order chi connectivity index (χ1) is 12.0. The molecule has 1 aromatic carbocycles. The number of hydrogen-bond acceptors (Lipinski definition) is 4. The largest absolute Gasteiger partial charge is 0.450 e. The molecule has 7 heteroatoms. The molecule has 132 valence electrons. The molecule has 3 rings (SSSR count). The van der Waals surface area contributed by atoms with Crippen molar-refractivity contribution in [1.82, 2.24) is 14.8 Å². The Bertz CT molecular complexity index is 811. The van der Waals surface area contributed by atoms with E-state index in [1.807, 2.05) is 0 Å². The second-order valence-electron chi connectivity index (χ2n) is 5.95. The second kappa shape index (κ2) is 7.04. The van der Waals surface area contributed by atoms with Crippen LogP contribution in [0, 0.1) is 12.7 Å². The fourth-order valence-corrected chi connectivity index (χ4v) is 2.99. The van der Waals surface area contributed by atoms with Crippen molar-refractivity contribution in [2.24, 2.45) is 0 Å². The van der Waals surface area contributed by atoms with E-state index >= 15 is 0 Å². The minimum Gasteiger partial charge on any atom is -0.450 e. The molecule has 0 spiro atoms. The Labute approximate surface area is 145 Å². The van der Waals surface area contributed by atoms with E-state index in [9.17, 15) is 14.0 Å². The molecule has 1 aliphatic heterocycles. The lowest BCUT2D eigenvalue weighted by Gasteiger charge is -2.34. The fourth-order valence-electron chi connectivity index (χ4n) is 2.99. The molecule has 2 aromatic rings. The van der Waals surface area contributed by atoms with Crippen LogP contribution in [0.25, 0.3) is 10.9 Å². The molecule has 25 heavy (non-hydrogen) atoms. The van der Waals surface area contributed by atoms with Gasteiger partial charge < -0.3 is 14.5 Å². The van der Waals surface area contributed by atoms with Crippen LogP contribution in [0.1, 0.15) is 23.0 Å². The fraction of sp³-hybridized carbons (Fsp3) is 0.389. The summed E-state index contributed by atoms with van der Waals surface area (Å²) in [6.07, 6.45) is -0.352. The lowest BCUT2D eigenvalue weighted by atomic mass is 10.1. The van der Waals surface area contributed by atoms with Crippen molar-refractivity contribution >= 4 is 22.9 Å². The Morgan fingerprint density at radius 3 is 2.52 bits per heavy atom. The average molecular weight is 345 g/mol. The molecule has 6 nitrogen and oxygen atoms in total. The molecular weight excluding hydrogens is 325 g/mol. The third kappa shape index (κ3) is 3.55. The zero-order valence-electron chi connectivity index (χ0n) is 14.3. The number of benzene rings is 1. The zero-order valence-corrected chi connectivity index (χ0v) is 14.3. The Kier molecular flexibility index (Phi) is 4.83. The smallest absolute Gasteiger partial charge is 0.409 e. The molecular formula is C18H20FN3O3. The van der Waals surface area contributed by atoms with Crippen LogP contribution in [0.3, 0.4) is 0 Å². The van der Waals surface area contributed by atoms with Gasteiger partial charge in [0.1, 0.15) is 5.82 Å². The van der Waals surface area contributed by atoms with Crippen LogP contribution in [-0.2, 0) is 4.74 Å². The molecule has 0 saturated carbocycles. The van der Waals surface area contributed by atoms with E-state index in [0.29, 0.717) is 54.9 Å². The van der Waals surface area contributed by atoms with Gasteiger partial charge in [0.15, 0.2) is 0 Å². The van der Waals surface area contributed by atoms with Gasteiger partial charge in [-0.2, -0.15) is 0 Å². The Hall–Kier alpha value is -2.70. The van der Waals surface area contributed by atoms with Crippen molar-refractivity contribution in [3.8, 4) is 0 Å². The molecule has 0 radical (unpaired) electrons. The second-order valence-corrected chi connectivity index (χ2v) is 5.95. The highest BCUT2D eigenvalue weighted by Gasteiger charge is 2.26. The number of halogens is 1. The van der Waals surface area contributed by atoms with E-state index in [4.69, 9.17) is 4.74 Å². The van der Waals surface area contributed by atoms with Gasteiger partial charge in [-0.15, -0.1) is 0 Å². The van der Waals surface area contributed by atoms with Crippen molar-refractivity contribution in [2.75, 3.05) is 32.8 Å². The van der Waals surface area contributed by atoms with Crippen LogP contribution in [0.4, 0.5) is 9.18 Å². The van der Waals surface area contributed by atoms with Crippen LogP contribution in [-0.4, -0.2) is 59.6 Å². The minimum atomic E-state index is -0.382. The maximum atomic E-state index is 13.5. The summed E-state index contributed by atoms with van der Waals surface area (Å²) in [5.41, 5.74) is 1.63. The number of piperazine rings is 1. The standard InChI is InChI=1S/C18H20FN3O3/c1-3-25-18(24)22-8-6-21(7-9-22)17(23)15-10-12(2)20-16-11-13(19)4-5-14(15)16/h4-5,10-11H,3,6-9H2,1-2H3. The molecule has 1 saturated heterocycles. The van der Waals surface area contributed by atoms with E-state index in [-0.39, 0.29) is 17.8 Å². The number of carbonyl (C=O) groups is 2. The summed E-state index contributed by atoms with van der Waals surface area (Å²) in [6, 6.07) is 5.96. The summed E-state index contributed by atoms with van der Waals surface area (Å²) in [5, 5.41) is 0.629. The first-order valence-corrected chi connectivity index (χ1v) is 8.27. The number of ether oxygens (including phenoxy) is 1. The van der Waals surface area contributed by atoms with Crippen molar-refractivity contribution in [1.29, 1.82) is 0 Å². The highest BCUT2D eigenvalue weighted by atomic mass is 19.1. The molecule has 2 heterocycles. The molecule has 0 atom stereocenters. The Balaban J connectivity index is 1.80. The van der Waals surface area contributed by atoms with Gasteiger partial charge in [-0.3, -0.25) is 9.78 Å². The summed E-state index contributed by atoms with van der Waals surface area (Å²) in [4.78, 5) is 32.3. The summed E-state index contributed by atoms with van der Waals surface area (Å²) in [6.45, 7) is 5.60. The number of rotatable bonds is 2. The zero-order chi connectivity index (χ0) is 18.0. The molecule has 1 aromatic heterocycles. The summed E-state index contributed by atoms with van der Waals surface area (Å²) < 4.78 is 18.4. The number of carbonyl (C=O) groups excluding carboxylic acids is 2. The van der Waals surface area contributed by atoms with Gasteiger partial charge in [0.05, 0.1) is 17.7 Å². The Morgan fingerprint density at radius 1 is 1.16 bits per heavy atom. The van der Waals surface area contributed by atoms with E-state index in [1.165, 1.54) is 12.1 Å². The van der Waals surface area contributed by atoms with Gasteiger partial charge in [0.2, 0.25) is 0 Å². The van der Waals surface area contributed by atoms with Crippen LogP contribution in [0.2, 0.25) is 0 Å². The van der Waals surface area contributed by atoms with Crippen molar-refractivity contribution in [3.05, 3.63) is 41.3 Å². The number of amides is 2. The Morgan fingerprint density at radius 2 is 1.84 bits per heavy atom. The molecule has 0 aliphatic carbocycles. The van der Waals surface area contributed by atoms with E-state index in [2.05, 4.69) is 4.98 Å². The first kappa shape index (κ1) is 17.1. The number of fused-ring (bicyclic) bond motifs is 1. The third-order valence-electron chi connectivity index (χ3n) is 4.22. The minimum absolute atomic E-state index is 0.134. The van der Waals surface area contributed by atoms with E-state index < -0.39 is 0 Å². The first-order valence-electron chi connectivity index (χ1n) is 8.27. The monoisotopic (exact) mass is 345 g/mol. The number of hydrogen-bond donors (Lipinski definition) is 0. The summed E-state index contributed by atoms with van der Waals surface area (Å²) in [5.74, 6) is -0.516. The third-order valence-corrected chi connectivity index (χ3v) is 4.22. The van der Waals surface area contributed by atoms with Gasteiger partial charge >= 0.3 is 6.09 Å². The van der Waals surface area contributed by atoms with Gasteiger partial charge in [-0.25, -0.2) is 9.18 Å². The van der Waals surface area contributed by atoms with Crippen LogP contribution < -0.4 is 0 Å². The SMILES string of the molecule is CCOC(=O)N1CCN(C(=O)c2cc(C)nc3cc(F)ccc23)CC1. The van der Waals surface area contributed by atoms with E-state index in [1.54, 1.807) is 35.8 Å². The summed E-state index contributed by atoms with van der Waals surface area (Å²) >= 11 is 0. The van der Waals surface area contributed by atoms with Gasteiger partial charge in [-0.05, 0) is 32.0 Å². The quantitative estimate of drug-likeness (QED) is 0.839. The van der Waals surface area contributed by atoms with Crippen molar-refractivity contribution in [2.45, 2.75) is 13.8 Å². The lowest BCUT2D eigenvalue weighted by molar-refractivity contribution is 0.0572. The molecule has 1 fully saturated rings. The molecule has 2 amide bonds. The molecule has 0 unspecified atom stereocenters. The lowest BCUT2D eigenvalue weighted by Crippen LogP contribution is -2.50. The highest BCUT2D eigenvalue weighted by Crippen LogP contribution is 2.21. The van der Waals surface area contributed by atoms with Crippen molar-refractivity contribution < 1.29 is 18.7 Å². The van der Waals surface area contributed by atoms with Crippen LogP contribution in [0.5, 0.6) is 0 Å². The number of pyridine rings is 1. The van der Waals surface area contributed by atoms with Gasteiger partial charge in [0.25, 0.3) is 5.91 Å². The number of aryl methyl sites for hydroxylation is 1. The predicted octanol–water partition coefficient (Wildman–Crippen LogP) is 2.60. The highest BCUT2D eigenvalue weighted by molar-refractivity contribution is 6.06. The maximum absolute atomic E-state index is 13.5. The molecule has 0 bridgehead atoms. The molecule has 0 N–H and O–H groups in total. The average Bonchev–Trinajstić information content (AvgIpc) is 2.60. The van der Waals surface area contributed by atoms with Gasteiger partial charge in [0, 0.05) is 43.3 Å². The predicted molar refractivity (Wildman–Crippen MR) is 90.9 cm³/mol. The number of nitrogens with zero attached hydrogens (tertiary/aromatic N) is 3. The topological polar surface area (TPSA) is 62.7 Å². The van der Waals surface area contributed by atoms with Crippen LogP contribution in [0.15, 0.2) is 24.3 Å². The van der Waals surface area contributed by atoms with Crippen molar-refractivity contribution in [3.63, 3.8) is 0 Å².